The summed E-state index contributed by atoms with van der Waals surface area (Å²) in [6.07, 6.45) is 0. The maximum atomic E-state index is 12.8. The molecule has 0 amide bonds. The molecule has 26 heavy (non-hydrogen) atoms. The number of methoxy groups -OCH3 is 2. The largest absolute Gasteiger partial charge is 0.496 e. The lowest BCUT2D eigenvalue weighted by atomic mass is 10.0. The molecule has 0 spiro atoms. The van der Waals surface area contributed by atoms with Gasteiger partial charge in [-0.25, -0.2) is 13.2 Å². The molecule has 1 N–H and O–H groups in total. The molecule has 2 aromatic carbocycles. The molecule has 0 fully saturated rings. The van der Waals surface area contributed by atoms with Gasteiger partial charge in [0.05, 0.1) is 30.4 Å². The third kappa shape index (κ3) is 3.99. The Hall–Kier alpha value is -2.54. The number of nitrogens with one attached hydrogen (secondary N) is 1. The number of rotatable bonds is 6. The topological polar surface area (TPSA) is 81.7 Å². The van der Waals surface area contributed by atoms with E-state index in [-0.39, 0.29) is 10.8 Å². The molecule has 2 aromatic rings. The average Bonchev–Trinajstić information content (AvgIpc) is 2.62. The van der Waals surface area contributed by atoms with E-state index < -0.39 is 16.0 Å². The molecule has 0 saturated carbocycles. The van der Waals surface area contributed by atoms with Gasteiger partial charge < -0.3 is 9.47 Å². The molecule has 0 aliphatic carbocycles. The summed E-state index contributed by atoms with van der Waals surface area (Å²) in [5.41, 5.74) is 1.94. The summed E-state index contributed by atoms with van der Waals surface area (Å²) in [4.78, 5) is 11.9. The predicted molar refractivity (Wildman–Crippen MR) is 100 cm³/mol. The number of carbonyl (C=O) groups excluding carboxylic acids is 1. The molecule has 6 nitrogen and oxygen atoms in total. The number of ether oxygens (including phenoxy) is 2. The summed E-state index contributed by atoms with van der Waals surface area (Å²) >= 11 is 0. The van der Waals surface area contributed by atoms with Gasteiger partial charge in [-0.3, -0.25) is 4.72 Å². The standard InChI is InChI=1S/C19H23NO5S/c1-12(2)16-11-14(9-10-18(16)24-4)26(22,23)20-17-8-6-7-15(13(17)3)19(21)25-5/h6-12,20H,1-5H3. The van der Waals surface area contributed by atoms with Crippen LogP contribution in [0.5, 0.6) is 5.75 Å². The SMILES string of the molecule is COC(=O)c1cccc(NS(=O)(=O)c2ccc(OC)c(C(C)C)c2)c1C. The summed E-state index contributed by atoms with van der Waals surface area (Å²) in [6, 6.07) is 9.53. The number of benzene rings is 2. The molecule has 0 radical (unpaired) electrons. The van der Waals surface area contributed by atoms with Crippen LogP contribution in [0, 0.1) is 6.92 Å². The van der Waals surface area contributed by atoms with Crippen LogP contribution in [-0.4, -0.2) is 28.6 Å². The highest BCUT2D eigenvalue weighted by Crippen LogP contribution is 2.30. The molecular weight excluding hydrogens is 354 g/mol. The van der Waals surface area contributed by atoms with E-state index >= 15 is 0 Å². The zero-order valence-electron chi connectivity index (χ0n) is 15.5. The van der Waals surface area contributed by atoms with Crippen molar-refractivity contribution < 1.29 is 22.7 Å². The molecular formula is C19H23NO5S. The minimum Gasteiger partial charge on any atom is -0.496 e. The van der Waals surface area contributed by atoms with E-state index in [1.54, 1.807) is 44.4 Å². The fourth-order valence-corrected chi connectivity index (χ4v) is 3.77. The molecule has 2 rings (SSSR count). The molecule has 0 bridgehead atoms. The first kappa shape index (κ1) is 19.8. The third-order valence-corrected chi connectivity index (χ3v) is 5.48. The van der Waals surface area contributed by atoms with Gasteiger partial charge in [0.15, 0.2) is 0 Å². The molecule has 0 unspecified atom stereocenters. The van der Waals surface area contributed by atoms with Crippen LogP contribution >= 0.6 is 0 Å². The lowest BCUT2D eigenvalue weighted by molar-refractivity contribution is 0.0600. The maximum absolute atomic E-state index is 12.8. The van der Waals surface area contributed by atoms with Crippen molar-refractivity contribution in [3.8, 4) is 5.75 Å². The van der Waals surface area contributed by atoms with E-state index in [4.69, 9.17) is 9.47 Å². The van der Waals surface area contributed by atoms with Crippen LogP contribution in [-0.2, 0) is 14.8 Å². The number of hydrogen-bond donors (Lipinski definition) is 1. The molecule has 0 atom stereocenters. The first-order valence-corrected chi connectivity index (χ1v) is 9.58. The molecule has 0 aromatic heterocycles. The van der Waals surface area contributed by atoms with Gasteiger partial charge in [-0.2, -0.15) is 0 Å². The Bertz CT molecular complexity index is 920. The van der Waals surface area contributed by atoms with Gasteiger partial charge in [-0.05, 0) is 54.3 Å². The summed E-state index contributed by atoms with van der Waals surface area (Å²) < 4.78 is 38.2. The zero-order chi connectivity index (χ0) is 19.5. The summed E-state index contributed by atoms with van der Waals surface area (Å²) in [5.74, 6) is 0.224. The Morgan fingerprint density at radius 2 is 1.81 bits per heavy atom. The normalized spacial score (nSPS) is 11.3. The fraction of sp³-hybridized carbons (Fsp3) is 0.316. The van der Waals surface area contributed by atoms with Gasteiger partial charge in [0.25, 0.3) is 10.0 Å². The summed E-state index contributed by atoms with van der Waals surface area (Å²) in [5, 5.41) is 0. The van der Waals surface area contributed by atoms with Gasteiger partial charge >= 0.3 is 5.97 Å². The van der Waals surface area contributed by atoms with Crippen LogP contribution in [0.4, 0.5) is 5.69 Å². The Morgan fingerprint density at radius 1 is 1.12 bits per heavy atom. The maximum Gasteiger partial charge on any atom is 0.338 e. The van der Waals surface area contributed by atoms with Crippen LogP contribution in [0.1, 0.15) is 41.3 Å². The van der Waals surface area contributed by atoms with Crippen molar-refractivity contribution in [2.24, 2.45) is 0 Å². The van der Waals surface area contributed by atoms with Crippen molar-refractivity contribution in [3.63, 3.8) is 0 Å². The van der Waals surface area contributed by atoms with Crippen molar-refractivity contribution >= 4 is 21.7 Å². The second-order valence-electron chi connectivity index (χ2n) is 6.13. The van der Waals surface area contributed by atoms with Crippen LogP contribution < -0.4 is 9.46 Å². The van der Waals surface area contributed by atoms with Gasteiger partial charge in [0.1, 0.15) is 5.75 Å². The van der Waals surface area contributed by atoms with Gasteiger partial charge in [-0.15, -0.1) is 0 Å². The first-order chi connectivity index (χ1) is 12.2. The molecule has 0 saturated heterocycles. The number of carbonyl (C=O) groups is 1. The molecule has 7 heteroatoms. The second-order valence-corrected chi connectivity index (χ2v) is 7.82. The van der Waals surface area contributed by atoms with Crippen molar-refractivity contribution in [1.82, 2.24) is 0 Å². The van der Waals surface area contributed by atoms with Crippen molar-refractivity contribution in [2.45, 2.75) is 31.6 Å². The van der Waals surface area contributed by atoms with E-state index in [9.17, 15) is 13.2 Å². The monoisotopic (exact) mass is 377 g/mol. The minimum absolute atomic E-state index is 0.101. The summed E-state index contributed by atoms with van der Waals surface area (Å²) in [6.45, 7) is 5.59. The lowest BCUT2D eigenvalue weighted by Crippen LogP contribution is -2.15. The molecule has 140 valence electrons. The number of esters is 1. The Balaban J connectivity index is 2.44. The summed E-state index contributed by atoms with van der Waals surface area (Å²) in [7, 11) is -0.992. The van der Waals surface area contributed by atoms with E-state index in [2.05, 4.69) is 4.72 Å². The van der Waals surface area contributed by atoms with E-state index in [0.717, 1.165) is 5.56 Å². The van der Waals surface area contributed by atoms with E-state index in [1.807, 2.05) is 13.8 Å². The van der Waals surface area contributed by atoms with Crippen LogP contribution in [0.2, 0.25) is 0 Å². The smallest absolute Gasteiger partial charge is 0.338 e. The highest BCUT2D eigenvalue weighted by molar-refractivity contribution is 7.92. The molecule has 0 aliphatic rings. The van der Waals surface area contributed by atoms with Crippen LogP contribution in [0.15, 0.2) is 41.3 Å². The van der Waals surface area contributed by atoms with Crippen molar-refractivity contribution in [3.05, 3.63) is 53.1 Å². The second kappa shape index (κ2) is 7.78. The van der Waals surface area contributed by atoms with E-state index in [0.29, 0.717) is 22.6 Å². The molecule has 0 heterocycles. The molecule has 0 aliphatic heterocycles. The minimum atomic E-state index is -3.82. The Kier molecular flexibility index (Phi) is 5.92. The number of hydrogen-bond acceptors (Lipinski definition) is 5. The highest BCUT2D eigenvalue weighted by atomic mass is 32.2. The quantitative estimate of drug-likeness (QED) is 0.776. The predicted octanol–water partition coefficient (Wildman–Crippen LogP) is 3.71. The fourth-order valence-electron chi connectivity index (χ4n) is 2.61. The van der Waals surface area contributed by atoms with Crippen LogP contribution in [0.3, 0.4) is 0 Å². The van der Waals surface area contributed by atoms with Crippen LogP contribution in [0.25, 0.3) is 0 Å². The van der Waals surface area contributed by atoms with Gasteiger partial charge in [0.2, 0.25) is 0 Å². The Labute approximate surface area is 154 Å². The average molecular weight is 377 g/mol. The van der Waals surface area contributed by atoms with Gasteiger partial charge in [0, 0.05) is 0 Å². The number of anilines is 1. The van der Waals surface area contributed by atoms with Crippen molar-refractivity contribution in [1.29, 1.82) is 0 Å². The third-order valence-electron chi connectivity index (χ3n) is 4.12. The highest BCUT2D eigenvalue weighted by Gasteiger charge is 2.20. The number of sulfonamides is 1. The van der Waals surface area contributed by atoms with Crippen molar-refractivity contribution in [2.75, 3.05) is 18.9 Å². The van der Waals surface area contributed by atoms with Gasteiger partial charge in [-0.1, -0.05) is 19.9 Å². The zero-order valence-corrected chi connectivity index (χ0v) is 16.3. The van der Waals surface area contributed by atoms with E-state index in [1.165, 1.54) is 13.2 Å². The Morgan fingerprint density at radius 3 is 2.38 bits per heavy atom. The lowest BCUT2D eigenvalue weighted by Gasteiger charge is -2.16. The first-order valence-electron chi connectivity index (χ1n) is 8.10.